The van der Waals surface area contributed by atoms with Crippen LogP contribution in [0.1, 0.15) is 37.9 Å². The first kappa shape index (κ1) is 14.1. The second-order valence-corrected chi connectivity index (χ2v) is 3.84. The molecule has 0 atom stereocenters. The van der Waals surface area contributed by atoms with Crippen LogP contribution in [0.5, 0.6) is 0 Å². The van der Waals surface area contributed by atoms with Gasteiger partial charge in [0.1, 0.15) is 5.82 Å². The van der Waals surface area contributed by atoms with Gasteiger partial charge in [0.25, 0.3) is 0 Å². The third-order valence-electron chi connectivity index (χ3n) is 2.58. The fraction of sp³-hybridized carbons (Fsp3) is 0.692. The molecule has 0 saturated carbocycles. The van der Waals surface area contributed by atoms with Crippen LogP contribution in [0.15, 0.2) is 6.20 Å². The molecule has 1 aromatic heterocycles. The first-order valence-corrected chi connectivity index (χ1v) is 6.43. The average Bonchev–Trinajstić information content (AvgIpc) is 2.37. The zero-order valence-corrected chi connectivity index (χ0v) is 11.1. The number of aryl methyl sites for hydroxylation is 1. The lowest BCUT2D eigenvalue weighted by atomic mass is 10.2. The number of hydrogen-bond donors (Lipinski definition) is 1. The van der Waals surface area contributed by atoms with E-state index >= 15 is 0 Å². The summed E-state index contributed by atoms with van der Waals surface area (Å²) < 4.78 is 5.31. The monoisotopic (exact) mass is 237 g/mol. The summed E-state index contributed by atoms with van der Waals surface area (Å²) in [4.78, 5) is 8.97. The van der Waals surface area contributed by atoms with Crippen LogP contribution < -0.4 is 5.32 Å². The number of ether oxygens (including phenoxy) is 1. The molecule has 0 aliphatic rings. The smallest absolute Gasteiger partial charge is 0.130 e. The largest absolute Gasteiger partial charge is 0.381 e. The van der Waals surface area contributed by atoms with Gasteiger partial charge >= 0.3 is 0 Å². The van der Waals surface area contributed by atoms with E-state index in [9.17, 15) is 0 Å². The summed E-state index contributed by atoms with van der Waals surface area (Å²) in [5.74, 6) is 0.885. The highest BCUT2D eigenvalue weighted by Crippen LogP contribution is 2.06. The first-order chi connectivity index (χ1) is 8.31. The fourth-order valence-corrected chi connectivity index (χ4v) is 1.63. The Kier molecular flexibility index (Phi) is 6.74. The molecule has 1 N–H and O–H groups in total. The van der Waals surface area contributed by atoms with Crippen LogP contribution >= 0.6 is 0 Å². The molecule has 0 unspecified atom stereocenters. The second kappa shape index (κ2) is 8.14. The van der Waals surface area contributed by atoms with Crippen molar-refractivity contribution in [3.8, 4) is 0 Å². The Balaban J connectivity index is 2.63. The van der Waals surface area contributed by atoms with E-state index < -0.39 is 0 Å². The quantitative estimate of drug-likeness (QED) is 0.699. The van der Waals surface area contributed by atoms with Crippen LogP contribution in [-0.2, 0) is 24.1 Å². The van der Waals surface area contributed by atoms with Crippen molar-refractivity contribution in [2.75, 3.05) is 19.8 Å². The molecule has 0 aliphatic heterocycles. The summed E-state index contributed by atoms with van der Waals surface area (Å²) in [5, 5.41) is 3.31. The van der Waals surface area contributed by atoms with Crippen molar-refractivity contribution >= 4 is 0 Å². The van der Waals surface area contributed by atoms with Crippen LogP contribution in [0.3, 0.4) is 0 Å². The lowest BCUT2D eigenvalue weighted by Gasteiger charge is -2.09. The highest BCUT2D eigenvalue weighted by Gasteiger charge is 2.05. The molecule has 0 spiro atoms. The van der Waals surface area contributed by atoms with Gasteiger partial charge in [-0.05, 0) is 19.9 Å². The van der Waals surface area contributed by atoms with E-state index in [-0.39, 0.29) is 0 Å². The van der Waals surface area contributed by atoms with Gasteiger partial charge in [-0.1, -0.05) is 13.8 Å². The number of nitrogens with zero attached hydrogens (tertiary/aromatic N) is 2. The van der Waals surface area contributed by atoms with Crippen molar-refractivity contribution in [3.63, 3.8) is 0 Å². The number of rotatable bonds is 8. The Morgan fingerprint density at radius 1 is 1.29 bits per heavy atom. The highest BCUT2D eigenvalue weighted by molar-refractivity contribution is 5.17. The van der Waals surface area contributed by atoms with Gasteiger partial charge in [-0.25, -0.2) is 9.97 Å². The molecule has 0 bridgehead atoms. The van der Waals surface area contributed by atoms with Gasteiger partial charge in [0, 0.05) is 37.0 Å². The second-order valence-electron chi connectivity index (χ2n) is 3.84. The molecule has 0 fully saturated rings. The molecule has 0 amide bonds. The van der Waals surface area contributed by atoms with E-state index in [2.05, 4.69) is 29.1 Å². The minimum Gasteiger partial charge on any atom is -0.381 e. The highest BCUT2D eigenvalue weighted by atomic mass is 16.5. The van der Waals surface area contributed by atoms with Gasteiger partial charge < -0.3 is 10.1 Å². The zero-order valence-electron chi connectivity index (χ0n) is 11.1. The van der Waals surface area contributed by atoms with E-state index in [4.69, 9.17) is 4.74 Å². The molecule has 1 rings (SSSR count). The number of aromatic nitrogens is 2. The Bertz CT molecular complexity index is 328. The van der Waals surface area contributed by atoms with Crippen molar-refractivity contribution in [2.45, 2.75) is 40.2 Å². The predicted molar refractivity (Wildman–Crippen MR) is 69.0 cm³/mol. The zero-order chi connectivity index (χ0) is 12.5. The molecule has 17 heavy (non-hydrogen) atoms. The van der Waals surface area contributed by atoms with E-state index in [0.717, 1.165) is 44.1 Å². The van der Waals surface area contributed by atoms with Gasteiger partial charge in [-0.3, -0.25) is 0 Å². The molecule has 0 saturated heterocycles. The predicted octanol–water partition coefficient (Wildman–Crippen LogP) is 1.73. The van der Waals surface area contributed by atoms with E-state index in [1.54, 1.807) is 0 Å². The summed E-state index contributed by atoms with van der Waals surface area (Å²) in [7, 11) is 0. The topological polar surface area (TPSA) is 47.0 Å². The molecule has 0 aromatic carbocycles. The van der Waals surface area contributed by atoms with Gasteiger partial charge in [-0.2, -0.15) is 0 Å². The van der Waals surface area contributed by atoms with Crippen molar-refractivity contribution < 1.29 is 4.74 Å². The van der Waals surface area contributed by atoms with Gasteiger partial charge in [0.15, 0.2) is 0 Å². The van der Waals surface area contributed by atoms with Gasteiger partial charge in [-0.15, -0.1) is 0 Å². The van der Waals surface area contributed by atoms with Crippen LogP contribution in [0.25, 0.3) is 0 Å². The van der Waals surface area contributed by atoms with Crippen LogP contribution in [0.2, 0.25) is 0 Å². The maximum Gasteiger partial charge on any atom is 0.130 e. The first-order valence-electron chi connectivity index (χ1n) is 6.43. The van der Waals surface area contributed by atoms with E-state index in [0.29, 0.717) is 6.61 Å². The Labute approximate surface area is 104 Å². The van der Waals surface area contributed by atoms with E-state index in [1.165, 1.54) is 5.56 Å². The van der Waals surface area contributed by atoms with Crippen LogP contribution in [-0.4, -0.2) is 29.7 Å². The lowest BCUT2D eigenvalue weighted by molar-refractivity contribution is 0.149. The van der Waals surface area contributed by atoms with Gasteiger partial charge in [0.05, 0.1) is 6.61 Å². The average molecular weight is 237 g/mol. The van der Waals surface area contributed by atoms with Crippen molar-refractivity contribution in [1.82, 2.24) is 15.3 Å². The fourth-order valence-electron chi connectivity index (χ4n) is 1.63. The minimum absolute atomic E-state index is 0.701. The normalized spacial score (nSPS) is 10.8. The van der Waals surface area contributed by atoms with Gasteiger partial charge in [0.2, 0.25) is 0 Å². The molecule has 4 heteroatoms. The third kappa shape index (κ3) is 4.79. The Morgan fingerprint density at radius 3 is 2.76 bits per heavy atom. The SMILES string of the molecule is CCNCc1cnc(CCOCC)nc1CC. The minimum atomic E-state index is 0.701. The molecular weight excluding hydrogens is 214 g/mol. The van der Waals surface area contributed by atoms with E-state index in [1.807, 2.05) is 13.1 Å². The Morgan fingerprint density at radius 2 is 2.12 bits per heavy atom. The lowest BCUT2D eigenvalue weighted by Crippen LogP contribution is -2.15. The maximum absolute atomic E-state index is 5.31. The molecule has 1 heterocycles. The number of hydrogen-bond acceptors (Lipinski definition) is 4. The maximum atomic E-state index is 5.31. The van der Waals surface area contributed by atoms with Crippen molar-refractivity contribution in [1.29, 1.82) is 0 Å². The summed E-state index contributed by atoms with van der Waals surface area (Å²) >= 11 is 0. The Hall–Kier alpha value is -1.00. The third-order valence-corrected chi connectivity index (χ3v) is 2.58. The van der Waals surface area contributed by atoms with Crippen LogP contribution in [0, 0.1) is 0 Å². The summed E-state index contributed by atoms with van der Waals surface area (Å²) in [6.07, 6.45) is 3.68. The summed E-state index contributed by atoms with van der Waals surface area (Å²) in [5.41, 5.74) is 2.35. The number of nitrogens with one attached hydrogen (secondary N) is 1. The standard InChI is InChI=1S/C13H23N3O/c1-4-12-11(9-14-5-2)10-15-13(16-12)7-8-17-6-3/h10,14H,4-9H2,1-3H3. The van der Waals surface area contributed by atoms with Crippen molar-refractivity contribution in [2.24, 2.45) is 0 Å². The summed E-state index contributed by atoms with van der Waals surface area (Å²) in [6.45, 7) is 9.50. The van der Waals surface area contributed by atoms with Crippen molar-refractivity contribution in [3.05, 3.63) is 23.3 Å². The summed E-state index contributed by atoms with van der Waals surface area (Å²) in [6, 6.07) is 0. The molecule has 1 aromatic rings. The molecule has 0 radical (unpaired) electrons. The molecular formula is C13H23N3O. The molecule has 96 valence electrons. The molecule has 0 aliphatic carbocycles. The molecule has 4 nitrogen and oxygen atoms in total. The van der Waals surface area contributed by atoms with Crippen LogP contribution in [0.4, 0.5) is 0 Å².